The smallest absolute Gasteiger partial charge is 0.321 e. The quantitative estimate of drug-likeness (QED) is 0.752. The lowest BCUT2D eigenvalue weighted by atomic mass is 10.2. The lowest BCUT2D eigenvalue weighted by Crippen LogP contribution is -2.51. The predicted octanol–water partition coefficient (Wildman–Crippen LogP) is 1.14. The summed E-state index contributed by atoms with van der Waals surface area (Å²) in [4.78, 5) is 27.7. The molecule has 1 aliphatic heterocycles. The van der Waals surface area contributed by atoms with Crippen LogP contribution in [0.5, 0.6) is 5.75 Å². The number of hydrogen-bond donors (Lipinski definition) is 3. The molecule has 0 aromatic heterocycles. The van der Waals surface area contributed by atoms with Crippen molar-refractivity contribution >= 4 is 17.6 Å². The molecule has 3 amide bonds. The topological polar surface area (TPSA) is 84.9 Å². The summed E-state index contributed by atoms with van der Waals surface area (Å²) in [6, 6.07) is 6.85. The Labute approximate surface area is 142 Å². The van der Waals surface area contributed by atoms with E-state index in [1.807, 2.05) is 30.9 Å². The van der Waals surface area contributed by atoms with Crippen LogP contribution in [0.3, 0.4) is 0 Å². The molecule has 3 N–H and O–H groups in total. The number of rotatable bonds is 5. The molecule has 0 saturated carbocycles. The highest BCUT2D eigenvalue weighted by Gasteiger charge is 2.21. The van der Waals surface area contributed by atoms with E-state index < -0.39 is 6.03 Å². The minimum Gasteiger partial charge on any atom is -0.506 e. The van der Waals surface area contributed by atoms with Gasteiger partial charge in [-0.3, -0.25) is 15.0 Å². The van der Waals surface area contributed by atoms with Gasteiger partial charge in [0.2, 0.25) is 5.91 Å². The van der Waals surface area contributed by atoms with Crippen molar-refractivity contribution < 1.29 is 14.7 Å². The van der Waals surface area contributed by atoms with Gasteiger partial charge in [0, 0.05) is 32.2 Å². The van der Waals surface area contributed by atoms with Crippen molar-refractivity contribution in [3.8, 4) is 5.75 Å². The molecule has 1 atom stereocenters. The van der Waals surface area contributed by atoms with Crippen LogP contribution in [0.2, 0.25) is 0 Å². The van der Waals surface area contributed by atoms with Crippen LogP contribution in [0.15, 0.2) is 24.3 Å². The monoisotopic (exact) mass is 334 g/mol. The largest absolute Gasteiger partial charge is 0.506 e. The van der Waals surface area contributed by atoms with Crippen LogP contribution in [-0.2, 0) is 4.79 Å². The van der Waals surface area contributed by atoms with Gasteiger partial charge in [-0.05, 0) is 25.5 Å². The normalized spacial score (nSPS) is 16.5. The van der Waals surface area contributed by atoms with Crippen LogP contribution in [0, 0.1) is 0 Å². The Hall–Kier alpha value is -2.28. The maximum Gasteiger partial charge on any atom is 0.321 e. The maximum atomic E-state index is 11.9. The molecule has 0 bridgehead atoms. The summed E-state index contributed by atoms with van der Waals surface area (Å²) in [5.41, 5.74) is 0.814. The number of amides is 3. The molecule has 7 nitrogen and oxygen atoms in total. The van der Waals surface area contributed by atoms with E-state index in [9.17, 15) is 14.7 Å². The van der Waals surface area contributed by atoms with E-state index in [1.54, 1.807) is 12.1 Å². The number of phenols is 1. The number of para-hydroxylation sites is 2. The van der Waals surface area contributed by atoms with Gasteiger partial charge < -0.3 is 15.3 Å². The molecular weight excluding hydrogens is 308 g/mol. The highest BCUT2D eigenvalue weighted by molar-refractivity contribution is 5.95. The van der Waals surface area contributed by atoms with Gasteiger partial charge in [-0.1, -0.05) is 19.1 Å². The Bertz CT molecular complexity index is 571. The summed E-state index contributed by atoms with van der Waals surface area (Å²) in [5.74, 6) is -0.0304. The molecule has 132 valence electrons. The summed E-state index contributed by atoms with van der Waals surface area (Å²) in [6.45, 7) is 6.92. The number of phenolic OH excluding ortho intramolecular Hbond substituents is 1. The maximum absolute atomic E-state index is 11.9. The van der Waals surface area contributed by atoms with Crippen molar-refractivity contribution in [2.45, 2.75) is 26.3 Å². The molecule has 1 aromatic carbocycles. The molecule has 0 unspecified atom stereocenters. The number of urea groups is 1. The third-order valence-corrected chi connectivity index (χ3v) is 4.20. The summed E-state index contributed by atoms with van der Waals surface area (Å²) >= 11 is 0. The van der Waals surface area contributed by atoms with Gasteiger partial charge in [0.05, 0.1) is 12.2 Å². The number of nitrogens with zero attached hydrogens (tertiary/aromatic N) is 2. The zero-order chi connectivity index (χ0) is 17.5. The summed E-state index contributed by atoms with van der Waals surface area (Å²) in [6.07, 6.45) is 0.815. The van der Waals surface area contributed by atoms with Crippen molar-refractivity contribution in [3.05, 3.63) is 24.3 Å². The average molecular weight is 334 g/mol. The number of benzene rings is 1. The highest BCUT2D eigenvalue weighted by atomic mass is 16.3. The number of nitrogens with one attached hydrogen (secondary N) is 2. The number of anilines is 1. The lowest BCUT2D eigenvalue weighted by molar-refractivity contribution is -0.121. The summed E-state index contributed by atoms with van der Waals surface area (Å²) in [7, 11) is 0. The molecule has 0 spiro atoms. The Kier molecular flexibility index (Phi) is 6.43. The zero-order valence-electron chi connectivity index (χ0n) is 14.3. The Balaban J connectivity index is 1.76. The first-order chi connectivity index (χ1) is 11.5. The van der Waals surface area contributed by atoms with Gasteiger partial charge in [0.15, 0.2) is 0 Å². The van der Waals surface area contributed by atoms with Crippen LogP contribution in [-0.4, -0.2) is 60.7 Å². The van der Waals surface area contributed by atoms with E-state index in [-0.39, 0.29) is 24.2 Å². The number of aromatic hydroxyl groups is 1. The number of piperazine rings is 1. The van der Waals surface area contributed by atoms with Gasteiger partial charge in [0.1, 0.15) is 5.75 Å². The van der Waals surface area contributed by atoms with Gasteiger partial charge >= 0.3 is 6.03 Å². The minimum absolute atomic E-state index is 0.0416. The van der Waals surface area contributed by atoms with Gasteiger partial charge in [0.25, 0.3) is 0 Å². The fourth-order valence-corrected chi connectivity index (χ4v) is 2.61. The third kappa shape index (κ3) is 5.13. The second kappa shape index (κ2) is 8.54. The zero-order valence-corrected chi connectivity index (χ0v) is 14.3. The van der Waals surface area contributed by atoms with Crippen LogP contribution in [0.4, 0.5) is 10.5 Å². The van der Waals surface area contributed by atoms with E-state index in [0.717, 1.165) is 25.2 Å². The van der Waals surface area contributed by atoms with Crippen LogP contribution < -0.4 is 15.5 Å². The van der Waals surface area contributed by atoms with Crippen molar-refractivity contribution in [3.63, 3.8) is 0 Å². The number of carbonyl (C=O) groups is 2. The molecule has 0 radical (unpaired) electrons. The van der Waals surface area contributed by atoms with Crippen LogP contribution >= 0.6 is 0 Å². The third-order valence-electron chi connectivity index (χ3n) is 4.20. The number of imide groups is 1. The Morgan fingerprint density at radius 2 is 1.88 bits per heavy atom. The van der Waals surface area contributed by atoms with Crippen molar-refractivity contribution in [2.75, 3.05) is 37.6 Å². The second-order valence-corrected chi connectivity index (χ2v) is 6.08. The first-order valence-corrected chi connectivity index (χ1v) is 8.35. The molecule has 1 aromatic rings. The molecular formula is C17H26N4O3. The van der Waals surface area contributed by atoms with Gasteiger partial charge in [-0.2, -0.15) is 0 Å². The fraction of sp³-hybridized carbons (Fsp3) is 0.529. The van der Waals surface area contributed by atoms with Crippen LogP contribution in [0.25, 0.3) is 0 Å². The molecule has 2 rings (SSSR count). The highest BCUT2D eigenvalue weighted by Crippen LogP contribution is 2.26. The Morgan fingerprint density at radius 1 is 1.21 bits per heavy atom. The van der Waals surface area contributed by atoms with E-state index in [0.29, 0.717) is 13.1 Å². The van der Waals surface area contributed by atoms with Crippen molar-refractivity contribution in [2.24, 2.45) is 0 Å². The summed E-state index contributed by atoms with van der Waals surface area (Å²) in [5, 5.41) is 15.0. The fourth-order valence-electron chi connectivity index (χ4n) is 2.61. The first kappa shape index (κ1) is 18.1. The molecule has 1 fully saturated rings. The number of carbonyl (C=O) groups excluding carboxylic acids is 2. The van der Waals surface area contributed by atoms with Gasteiger partial charge in [-0.25, -0.2) is 4.79 Å². The SMILES string of the molecule is CC[C@@H](C)NC(=O)NC(=O)CN1CCN(c2ccccc2O)CC1. The second-order valence-electron chi connectivity index (χ2n) is 6.08. The molecule has 1 aliphatic rings. The predicted molar refractivity (Wildman–Crippen MR) is 93.2 cm³/mol. The van der Waals surface area contributed by atoms with Crippen molar-refractivity contribution in [1.29, 1.82) is 0 Å². The van der Waals surface area contributed by atoms with Crippen LogP contribution in [0.1, 0.15) is 20.3 Å². The summed E-state index contributed by atoms with van der Waals surface area (Å²) < 4.78 is 0. The molecule has 0 aliphatic carbocycles. The van der Waals surface area contributed by atoms with Gasteiger partial charge in [-0.15, -0.1) is 0 Å². The number of hydrogen-bond acceptors (Lipinski definition) is 5. The molecule has 24 heavy (non-hydrogen) atoms. The molecule has 7 heteroatoms. The molecule has 1 heterocycles. The standard InChI is InChI=1S/C17H26N4O3/c1-3-13(2)18-17(24)19-16(23)12-20-8-10-21(11-9-20)14-6-4-5-7-15(14)22/h4-7,13,22H,3,8-12H2,1-2H3,(H2,18,19,23,24)/t13-/m1/s1. The van der Waals surface area contributed by atoms with E-state index >= 15 is 0 Å². The van der Waals surface area contributed by atoms with E-state index in [4.69, 9.17) is 0 Å². The lowest BCUT2D eigenvalue weighted by Gasteiger charge is -2.35. The minimum atomic E-state index is -0.442. The molecule has 1 saturated heterocycles. The average Bonchev–Trinajstić information content (AvgIpc) is 2.55. The first-order valence-electron chi connectivity index (χ1n) is 8.35. The Morgan fingerprint density at radius 3 is 2.50 bits per heavy atom. The van der Waals surface area contributed by atoms with Crippen molar-refractivity contribution in [1.82, 2.24) is 15.5 Å². The van der Waals surface area contributed by atoms with E-state index in [2.05, 4.69) is 15.5 Å². The van der Waals surface area contributed by atoms with E-state index in [1.165, 1.54) is 0 Å².